The number of nitrogens with two attached hydrogens (primary N) is 1. The van der Waals surface area contributed by atoms with E-state index in [4.69, 9.17) is 10.5 Å². The molecule has 1 aliphatic rings. The quantitative estimate of drug-likeness (QED) is 0.821. The molecule has 0 saturated heterocycles. The lowest BCUT2D eigenvalue weighted by Crippen LogP contribution is -2.43. The number of ether oxygens (including phenoxy) is 1. The molecule has 21 heavy (non-hydrogen) atoms. The molecule has 116 valence electrons. The number of hydrogen-bond acceptors (Lipinski definition) is 4. The molecular formula is C16H24N2O2S. The van der Waals surface area contributed by atoms with Gasteiger partial charge in [0.25, 0.3) is 5.91 Å². The first kappa shape index (κ1) is 16.0. The number of anilines is 1. The van der Waals surface area contributed by atoms with E-state index in [1.165, 1.54) is 19.3 Å². The van der Waals surface area contributed by atoms with Crippen molar-refractivity contribution < 1.29 is 9.53 Å². The van der Waals surface area contributed by atoms with Crippen LogP contribution >= 0.6 is 11.8 Å². The van der Waals surface area contributed by atoms with Crippen LogP contribution in [0.15, 0.2) is 18.2 Å². The molecule has 3 N–H and O–H groups in total. The van der Waals surface area contributed by atoms with Gasteiger partial charge >= 0.3 is 0 Å². The van der Waals surface area contributed by atoms with Gasteiger partial charge in [0.15, 0.2) is 0 Å². The van der Waals surface area contributed by atoms with Gasteiger partial charge in [0.1, 0.15) is 5.75 Å². The summed E-state index contributed by atoms with van der Waals surface area (Å²) in [5.74, 6) is 0.587. The summed E-state index contributed by atoms with van der Waals surface area (Å²) in [6.45, 7) is 2.47. The van der Waals surface area contributed by atoms with Crippen LogP contribution in [-0.2, 0) is 0 Å². The van der Waals surface area contributed by atoms with Gasteiger partial charge in [0.05, 0.1) is 12.3 Å². The third-order valence-electron chi connectivity index (χ3n) is 3.89. The number of benzene rings is 1. The highest BCUT2D eigenvalue weighted by Crippen LogP contribution is 2.28. The maximum atomic E-state index is 12.4. The van der Waals surface area contributed by atoms with E-state index in [0.29, 0.717) is 28.9 Å². The molecule has 1 aromatic carbocycles. The molecule has 1 aromatic rings. The molecule has 0 heterocycles. The Morgan fingerprint density at radius 3 is 2.86 bits per heavy atom. The van der Waals surface area contributed by atoms with Crippen molar-refractivity contribution in [1.29, 1.82) is 0 Å². The normalized spacial score (nSPS) is 21.8. The van der Waals surface area contributed by atoms with Gasteiger partial charge < -0.3 is 15.8 Å². The Hall–Kier alpha value is -1.36. The van der Waals surface area contributed by atoms with E-state index < -0.39 is 0 Å². The summed E-state index contributed by atoms with van der Waals surface area (Å²) in [6, 6.07) is 5.49. The largest absolute Gasteiger partial charge is 0.492 e. The van der Waals surface area contributed by atoms with Crippen molar-refractivity contribution in [3.63, 3.8) is 0 Å². The molecule has 1 saturated carbocycles. The maximum Gasteiger partial charge on any atom is 0.251 e. The van der Waals surface area contributed by atoms with E-state index in [0.717, 1.165) is 6.42 Å². The summed E-state index contributed by atoms with van der Waals surface area (Å²) in [6.07, 6.45) is 6.80. The summed E-state index contributed by atoms with van der Waals surface area (Å²) in [5.41, 5.74) is 7.03. The van der Waals surface area contributed by atoms with Gasteiger partial charge in [0.2, 0.25) is 0 Å². The van der Waals surface area contributed by atoms with Crippen LogP contribution in [0.25, 0.3) is 0 Å². The van der Waals surface area contributed by atoms with Crippen molar-refractivity contribution in [3.05, 3.63) is 23.8 Å². The topological polar surface area (TPSA) is 64.3 Å². The zero-order valence-electron chi connectivity index (χ0n) is 12.7. The Kier molecular flexibility index (Phi) is 5.79. The van der Waals surface area contributed by atoms with Crippen LogP contribution in [0.5, 0.6) is 5.75 Å². The molecule has 0 radical (unpaired) electrons. The Morgan fingerprint density at radius 2 is 2.19 bits per heavy atom. The van der Waals surface area contributed by atoms with Gasteiger partial charge in [-0.1, -0.05) is 12.8 Å². The molecule has 2 atom stereocenters. The molecule has 1 aliphatic carbocycles. The molecule has 5 heteroatoms. The summed E-state index contributed by atoms with van der Waals surface area (Å²) in [7, 11) is 0. The van der Waals surface area contributed by atoms with Crippen LogP contribution in [0.3, 0.4) is 0 Å². The Morgan fingerprint density at radius 1 is 1.43 bits per heavy atom. The monoisotopic (exact) mass is 308 g/mol. The molecule has 0 aliphatic heterocycles. The van der Waals surface area contributed by atoms with E-state index in [1.54, 1.807) is 18.2 Å². The average molecular weight is 308 g/mol. The van der Waals surface area contributed by atoms with E-state index >= 15 is 0 Å². The van der Waals surface area contributed by atoms with Crippen molar-refractivity contribution in [2.24, 2.45) is 0 Å². The van der Waals surface area contributed by atoms with Crippen LogP contribution in [0.4, 0.5) is 5.69 Å². The van der Waals surface area contributed by atoms with Gasteiger partial charge in [0, 0.05) is 16.9 Å². The van der Waals surface area contributed by atoms with Gasteiger partial charge in [-0.3, -0.25) is 4.79 Å². The lowest BCUT2D eigenvalue weighted by Gasteiger charge is -2.31. The van der Waals surface area contributed by atoms with Gasteiger partial charge in [-0.15, -0.1) is 0 Å². The number of thioether (sulfide) groups is 1. The van der Waals surface area contributed by atoms with Gasteiger partial charge in [-0.05, 0) is 44.2 Å². The van der Waals surface area contributed by atoms with Crippen molar-refractivity contribution >= 4 is 23.4 Å². The van der Waals surface area contributed by atoms with Crippen molar-refractivity contribution in [2.75, 3.05) is 18.6 Å². The predicted octanol–water partition coefficient (Wildman–Crippen LogP) is 3.07. The van der Waals surface area contributed by atoms with Crippen LogP contribution in [0, 0.1) is 0 Å². The minimum absolute atomic E-state index is 0.0456. The number of rotatable bonds is 5. The fraction of sp³-hybridized carbons (Fsp3) is 0.562. The first-order valence-electron chi connectivity index (χ1n) is 7.51. The molecule has 0 spiro atoms. The summed E-state index contributed by atoms with van der Waals surface area (Å²) >= 11 is 1.84. The number of carbonyl (C=O) groups is 1. The number of nitrogen functional groups attached to an aromatic ring is 1. The zero-order valence-corrected chi connectivity index (χ0v) is 13.5. The average Bonchev–Trinajstić information content (AvgIpc) is 2.50. The van der Waals surface area contributed by atoms with Crippen molar-refractivity contribution in [2.45, 2.75) is 43.9 Å². The van der Waals surface area contributed by atoms with E-state index in [1.807, 2.05) is 18.7 Å². The minimum Gasteiger partial charge on any atom is -0.492 e. The summed E-state index contributed by atoms with van der Waals surface area (Å²) in [4.78, 5) is 12.4. The number of nitrogens with one attached hydrogen (secondary N) is 1. The Labute approximate surface area is 130 Å². The minimum atomic E-state index is -0.0456. The summed E-state index contributed by atoms with van der Waals surface area (Å²) < 4.78 is 5.40. The molecule has 1 fully saturated rings. The zero-order chi connectivity index (χ0) is 15.2. The van der Waals surface area contributed by atoms with E-state index in [-0.39, 0.29) is 11.9 Å². The fourth-order valence-corrected chi connectivity index (χ4v) is 3.71. The number of hydrogen-bond donors (Lipinski definition) is 2. The Balaban J connectivity index is 2.04. The third kappa shape index (κ3) is 4.06. The van der Waals surface area contributed by atoms with Crippen LogP contribution in [-0.4, -0.2) is 30.1 Å². The van der Waals surface area contributed by atoms with Crippen molar-refractivity contribution in [3.8, 4) is 5.75 Å². The highest BCUT2D eigenvalue weighted by molar-refractivity contribution is 7.99. The second-order valence-corrected chi connectivity index (χ2v) is 6.40. The van der Waals surface area contributed by atoms with Gasteiger partial charge in [-0.25, -0.2) is 0 Å². The van der Waals surface area contributed by atoms with Crippen LogP contribution < -0.4 is 15.8 Å². The molecule has 2 rings (SSSR count). The first-order valence-corrected chi connectivity index (χ1v) is 8.80. The number of carbonyl (C=O) groups excluding carboxylic acids is 1. The smallest absolute Gasteiger partial charge is 0.251 e. The molecule has 0 aromatic heterocycles. The Bertz CT molecular complexity index is 493. The van der Waals surface area contributed by atoms with Crippen molar-refractivity contribution in [1.82, 2.24) is 5.32 Å². The van der Waals surface area contributed by atoms with Crippen LogP contribution in [0.1, 0.15) is 43.0 Å². The summed E-state index contributed by atoms with van der Waals surface area (Å²) in [5, 5.41) is 3.68. The first-order chi connectivity index (χ1) is 10.2. The van der Waals surface area contributed by atoms with Crippen LogP contribution in [0.2, 0.25) is 0 Å². The second kappa shape index (κ2) is 7.59. The lowest BCUT2D eigenvalue weighted by atomic mass is 9.94. The second-order valence-electron chi connectivity index (χ2n) is 5.32. The standard InChI is InChI=1S/C16H24N2O2S/c1-3-20-14-9-8-11(10-12(14)17)16(19)18-13-6-4-5-7-15(13)21-2/h8-10,13,15H,3-7,17H2,1-2H3,(H,18,19). The molecular weight excluding hydrogens is 284 g/mol. The number of amides is 1. The molecule has 2 unspecified atom stereocenters. The predicted molar refractivity (Wildman–Crippen MR) is 89.0 cm³/mol. The lowest BCUT2D eigenvalue weighted by molar-refractivity contribution is 0.0929. The third-order valence-corrected chi connectivity index (χ3v) is 5.06. The van der Waals surface area contributed by atoms with Gasteiger partial charge in [-0.2, -0.15) is 11.8 Å². The van der Waals surface area contributed by atoms with E-state index in [2.05, 4.69) is 11.6 Å². The SMILES string of the molecule is CCOc1ccc(C(=O)NC2CCCCC2SC)cc1N. The highest BCUT2D eigenvalue weighted by atomic mass is 32.2. The molecule has 0 bridgehead atoms. The molecule has 1 amide bonds. The maximum absolute atomic E-state index is 12.4. The fourth-order valence-electron chi connectivity index (χ4n) is 2.77. The van der Waals surface area contributed by atoms with E-state index in [9.17, 15) is 4.79 Å². The highest BCUT2D eigenvalue weighted by Gasteiger charge is 2.26. The molecule has 4 nitrogen and oxygen atoms in total.